The van der Waals surface area contributed by atoms with E-state index < -0.39 is 17.7 Å². The maximum absolute atomic E-state index is 11.8. The summed E-state index contributed by atoms with van der Waals surface area (Å²) < 4.78 is 15.5. The highest BCUT2D eigenvalue weighted by molar-refractivity contribution is 6.32. The Labute approximate surface area is 139 Å². The van der Waals surface area contributed by atoms with Gasteiger partial charge in [-0.2, -0.15) is 0 Å². The molecule has 0 atom stereocenters. The summed E-state index contributed by atoms with van der Waals surface area (Å²) in [6.45, 7) is 5.55. The SMILES string of the molecule is CCCOc1ccc(NC=C2C(=O)OC(C)(C)OC2=O)cc1Cl. The van der Waals surface area contributed by atoms with Crippen molar-refractivity contribution in [2.75, 3.05) is 11.9 Å². The van der Waals surface area contributed by atoms with E-state index in [9.17, 15) is 9.59 Å². The fraction of sp³-hybridized carbons (Fsp3) is 0.375. The number of anilines is 1. The van der Waals surface area contributed by atoms with Crippen molar-refractivity contribution in [3.05, 3.63) is 35.0 Å². The van der Waals surface area contributed by atoms with Gasteiger partial charge in [0.15, 0.2) is 5.57 Å². The number of halogens is 1. The molecule has 0 amide bonds. The van der Waals surface area contributed by atoms with Crippen LogP contribution in [0.3, 0.4) is 0 Å². The zero-order valence-corrected chi connectivity index (χ0v) is 13.9. The van der Waals surface area contributed by atoms with E-state index in [2.05, 4.69) is 5.32 Å². The van der Waals surface area contributed by atoms with Gasteiger partial charge in [0, 0.05) is 25.7 Å². The Kier molecular flexibility index (Phi) is 5.15. The third-order valence-electron chi connectivity index (χ3n) is 2.89. The molecule has 2 rings (SSSR count). The first-order chi connectivity index (χ1) is 10.8. The number of carbonyl (C=O) groups is 2. The number of benzene rings is 1. The van der Waals surface area contributed by atoms with Crippen LogP contribution in [0.1, 0.15) is 27.2 Å². The normalized spacial score (nSPS) is 16.4. The van der Waals surface area contributed by atoms with Crippen LogP contribution in [0.25, 0.3) is 0 Å². The lowest BCUT2D eigenvalue weighted by atomic mass is 10.2. The number of nitrogens with one attached hydrogen (secondary N) is 1. The maximum atomic E-state index is 11.8. The number of ether oxygens (including phenoxy) is 3. The minimum atomic E-state index is -1.26. The first-order valence-electron chi connectivity index (χ1n) is 7.18. The van der Waals surface area contributed by atoms with Gasteiger partial charge in [-0.05, 0) is 24.6 Å². The summed E-state index contributed by atoms with van der Waals surface area (Å²) in [5, 5.41) is 3.25. The Hall–Kier alpha value is -2.21. The predicted octanol–water partition coefficient (Wildman–Crippen LogP) is 3.26. The molecule has 0 aliphatic carbocycles. The van der Waals surface area contributed by atoms with Crippen molar-refractivity contribution in [3.8, 4) is 5.75 Å². The van der Waals surface area contributed by atoms with Crippen LogP contribution in [0.15, 0.2) is 30.0 Å². The van der Waals surface area contributed by atoms with Crippen molar-refractivity contribution in [3.63, 3.8) is 0 Å². The summed E-state index contributed by atoms with van der Waals surface area (Å²) >= 11 is 6.11. The largest absolute Gasteiger partial charge is 0.492 e. The van der Waals surface area contributed by atoms with Gasteiger partial charge in [-0.1, -0.05) is 18.5 Å². The predicted molar refractivity (Wildman–Crippen MR) is 85.2 cm³/mol. The highest BCUT2D eigenvalue weighted by Crippen LogP contribution is 2.28. The lowest BCUT2D eigenvalue weighted by Crippen LogP contribution is -2.42. The third kappa shape index (κ3) is 4.39. The Bertz CT molecular complexity index is 632. The zero-order chi connectivity index (χ0) is 17.0. The number of rotatable bonds is 5. The lowest BCUT2D eigenvalue weighted by Gasteiger charge is -2.29. The average Bonchev–Trinajstić information content (AvgIpc) is 2.44. The zero-order valence-electron chi connectivity index (χ0n) is 13.1. The molecule has 1 aromatic carbocycles. The van der Waals surface area contributed by atoms with Crippen molar-refractivity contribution in [2.24, 2.45) is 0 Å². The second-order valence-electron chi connectivity index (χ2n) is 5.37. The molecule has 7 heteroatoms. The van der Waals surface area contributed by atoms with Crippen LogP contribution in [-0.2, 0) is 19.1 Å². The van der Waals surface area contributed by atoms with Crippen LogP contribution in [-0.4, -0.2) is 24.3 Å². The van der Waals surface area contributed by atoms with Gasteiger partial charge in [-0.15, -0.1) is 0 Å². The van der Waals surface area contributed by atoms with Crippen LogP contribution >= 0.6 is 11.6 Å². The standard InChI is InChI=1S/C16H18ClNO5/c1-4-7-21-13-6-5-10(8-12(13)17)18-9-11-14(19)22-16(2,3)23-15(11)20/h5-6,8-9,18H,4,7H2,1-3H3. The third-order valence-corrected chi connectivity index (χ3v) is 3.19. The molecular weight excluding hydrogens is 322 g/mol. The van der Waals surface area contributed by atoms with Crippen molar-refractivity contribution >= 4 is 29.2 Å². The topological polar surface area (TPSA) is 73.9 Å². The molecule has 1 heterocycles. The van der Waals surface area contributed by atoms with E-state index in [0.717, 1.165) is 6.42 Å². The van der Waals surface area contributed by atoms with Gasteiger partial charge in [-0.25, -0.2) is 9.59 Å². The molecule has 23 heavy (non-hydrogen) atoms. The van der Waals surface area contributed by atoms with E-state index in [1.807, 2.05) is 6.92 Å². The Morgan fingerprint density at radius 1 is 1.26 bits per heavy atom. The Morgan fingerprint density at radius 3 is 2.48 bits per heavy atom. The van der Waals surface area contributed by atoms with E-state index in [-0.39, 0.29) is 5.57 Å². The second-order valence-corrected chi connectivity index (χ2v) is 5.78. The molecule has 124 valence electrons. The van der Waals surface area contributed by atoms with E-state index in [4.69, 9.17) is 25.8 Å². The van der Waals surface area contributed by atoms with E-state index in [0.29, 0.717) is 23.1 Å². The van der Waals surface area contributed by atoms with Gasteiger partial charge < -0.3 is 19.5 Å². The number of cyclic esters (lactones) is 2. The van der Waals surface area contributed by atoms with Crippen LogP contribution in [0.4, 0.5) is 5.69 Å². The van der Waals surface area contributed by atoms with Gasteiger partial charge in [0.25, 0.3) is 5.79 Å². The Balaban J connectivity index is 2.09. The van der Waals surface area contributed by atoms with Crippen LogP contribution in [0.2, 0.25) is 5.02 Å². The minimum Gasteiger partial charge on any atom is -0.492 e. The van der Waals surface area contributed by atoms with Gasteiger partial charge in [0.1, 0.15) is 5.75 Å². The smallest absolute Gasteiger partial charge is 0.350 e. The Morgan fingerprint density at radius 2 is 1.91 bits per heavy atom. The van der Waals surface area contributed by atoms with Crippen molar-refractivity contribution < 1.29 is 23.8 Å². The molecule has 0 saturated carbocycles. The molecule has 1 saturated heterocycles. The second kappa shape index (κ2) is 6.91. The molecule has 1 aliphatic rings. The molecule has 6 nitrogen and oxygen atoms in total. The molecule has 0 radical (unpaired) electrons. The molecule has 1 N–H and O–H groups in total. The molecule has 1 aliphatic heterocycles. The molecule has 1 aromatic rings. The average molecular weight is 340 g/mol. The van der Waals surface area contributed by atoms with E-state index in [1.54, 1.807) is 18.2 Å². The lowest BCUT2D eigenvalue weighted by molar-refractivity contribution is -0.222. The summed E-state index contributed by atoms with van der Waals surface area (Å²) in [5.41, 5.74) is 0.378. The summed E-state index contributed by atoms with van der Waals surface area (Å²) in [4.78, 5) is 23.6. The molecule has 0 spiro atoms. The highest BCUT2D eigenvalue weighted by atomic mass is 35.5. The summed E-state index contributed by atoms with van der Waals surface area (Å²) in [5.74, 6) is -2.17. The first-order valence-corrected chi connectivity index (χ1v) is 7.56. The van der Waals surface area contributed by atoms with Gasteiger partial charge in [-0.3, -0.25) is 0 Å². The maximum Gasteiger partial charge on any atom is 0.350 e. The van der Waals surface area contributed by atoms with Crippen LogP contribution in [0.5, 0.6) is 5.75 Å². The summed E-state index contributed by atoms with van der Waals surface area (Å²) in [7, 11) is 0. The van der Waals surface area contributed by atoms with Crippen LogP contribution in [0, 0.1) is 0 Å². The van der Waals surface area contributed by atoms with E-state index >= 15 is 0 Å². The monoisotopic (exact) mass is 339 g/mol. The van der Waals surface area contributed by atoms with Gasteiger partial charge in [0.05, 0.1) is 11.6 Å². The van der Waals surface area contributed by atoms with Gasteiger partial charge >= 0.3 is 11.9 Å². The van der Waals surface area contributed by atoms with Crippen molar-refractivity contribution in [2.45, 2.75) is 33.0 Å². The fourth-order valence-corrected chi connectivity index (χ4v) is 2.09. The van der Waals surface area contributed by atoms with Crippen LogP contribution < -0.4 is 10.1 Å². The number of hydrogen-bond donors (Lipinski definition) is 1. The summed E-state index contributed by atoms with van der Waals surface area (Å²) in [6, 6.07) is 5.06. The quantitative estimate of drug-likeness (QED) is 0.504. The minimum absolute atomic E-state index is 0.216. The number of carbonyl (C=O) groups excluding carboxylic acids is 2. The molecule has 0 aromatic heterocycles. The molecule has 0 unspecified atom stereocenters. The number of esters is 2. The van der Waals surface area contributed by atoms with Crippen molar-refractivity contribution in [1.82, 2.24) is 0 Å². The van der Waals surface area contributed by atoms with E-state index in [1.165, 1.54) is 20.0 Å². The molecular formula is C16H18ClNO5. The van der Waals surface area contributed by atoms with Gasteiger partial charge in [0.2, 0.25) is 0 Å². The summed E-state index contributed by atoms with van der Waals surface area (Å²) in [6.07, 6.45) is 2.11. The molecule has 0 bridgehead atoms. The van der Waals surface area contributed by atoms with Crippen molar-refractivity contribution in [1.29, 1.82) is 0 Å². The molecule has 1 fully saturated rings. The first kappa shape index (κ1) is 17.1. The highest BCUT2D eigenvalue weighted by Gasteiger charge is 2.38. The fourth-order valence-electron chi connectivity index (χ4n) is 1.85. The number of hydrogen-bond acceptors (Lipinski definition) is 6.